The number of carbonyl (C=O) groups is 2. The van der Waals surface area contributed by atoms with Crippen LogP contribution in [-0.2, 0) is 9.59 Å². The highest BCUT2D eigenvalue weighted by atomic mass is 32.2. The van der Waals surface area contributed by atoms with Crippen LogP contribution in [0.1, 0.15) is 32.1 Å². The van der Waals surface area contributed by atoms with E-state index in [4.69, 9.17) is 0 Å². The minimum absolute atomic E-state index is 0.149. The van der Waals surface area contributed by atoms with Crippen molar-refractivity contribution in [3.05, 3.63) is 0 Å². The number of carbonyl (C=O) groups excluding carboxylic acids is 1. The molecule has 1 aliphatic rings. The lowest BCUT2D eigenvalue weighted by molar-refractivity contribution is -0.142. The number of carboxylic acid groups (broad SMARTS) is 1. The van der Waals surface area contributed by atoms with Crippen molar-refractivity contribution in [1.82, 2.24) is 21.3 Å². The number of amides is 1. The Balaban J connectivity index is 2.44. The van der Waals surface area contributed by atoms with Crippen molar-refractivity contribution in [1.29, 1.82) is 0 Å². The van der Waals surface area contributed by atoms with Gasteiger partial charge >= 0.3 is 5.97 Å². The number of carboxylic acids is 1. The summed E-state index contributed by atoms with van der Waals surface area (Å²) in [7, 11) is 0. The fourth-order valence-electron chi connectivity index (χ4n) is 2.86. The van der Waals surface area contributed by atoms with E-state index in [0.29, 0.717) is 12.8 Å². The van der Waals surface area contributed by atoms with Crippen LogP contribution in [0, 0.1) is 5.92 Å². The average molecular weight is 375 g/mol. The molecule has 0 aromatic heterocycles. The second kappa shape index (κ2) is 14.4. The first-order valence-electron chi connectivity index (χ1n) is 9.26. The molecule has 1 heterocycles. The molecule has 5 N–H and O–H groups in total. The van der Waals surface area contributed by atoms with Crippen LogP contribution in [0.3, 0.4) is 0 Å². The normalized spacial score (nSPS) is 22.0. The van der Waals surface area contributed by atoms with E-state index in [0.717, 1.165) is 64.3 Å². The van der Waals surface area contributed by atoms with Crippen molar-refractivity contribution in [3.8, 4) is 0 Å². The van der Waals surface area contributed by atoms with Gasteiger partial charge in [-0.1, -0.05) is 0 Å². The smallest absolute Gasteiger partial charge is 0.326 e. The molecule has 25 heavy (non-hydrogen) atoms. The predicted molar refractivity (Wildman–Crippen MR) is 103 cm³/mol. The Labute approximate surface area is 155 Å². The summed E-state index contributed by atoms with van der Waals surface area (Å²) >= 11 is 1.59. The van der Waals surface area contributed by atoms with Crippen LogP contribution < -0.4 is 21.3 Å². The quantitative estimate of drug-likeness (QED) is 0.436. The molecule has 8 heteroatoms. The Morgan fingerprint density at radius 2 is 1.68 bits per heavy atom. The first-order valence-corrected chi connectivity index (χ1v) is 10.7. The van der Waals surface area contributed by atoms with Crippen molar-refractivity contribution >= 4 is 23.6 Å². The Bertz CT molecular complexity index is 371. The van der Waals surface area contributed by atoms with Gasteiger partial charge in [-0.05, 0) is 69.8 Å². The topological polar surface area (TPSA) is 102 Å². The molecule has 1 fully saturated rings. The highest BCUT2D eigenvalue weighted by molar-refractivity contribution is 7.98. The van der Waals surface area contributed by atoms with E-state index in [1.165, 1.54) is 0 Å². The Morgan fingerprint density at radius 3 is 2.28 bits per heavy atom. The average Bonchev–Trinajstić information content (AvgIpc) is 2.60. The third-order valence-electron chi connectivity index (χ3n) is 4.36. The number of rotatable bonds is 7. The van der Waals surface area contributed by atoms with Crippen molar-refractivity contribution in [3.63, 3.8) is 0 Å². The third-order valence-corrected chi connectivity index (χ3v) is 5.01. The molecule has 0 spiro atoms. The van der Waals surface area contributed by atoms with Crippen molar-refractivity contribution < 1.29 is 14.7 Å². The molecule has 2 atom stereocenters. The zero-order valence-corrected chi connectivity index (χ0v) is 16.1. The zero-order valence-electron chi connectivity index (χ0n) is 15.3. The maximum atomic E-state index is 12.3. The molecule has 1 saturated heterocycles. The van der Waals surface area contributed by atoms with Gasteiger partial charge in [-0.25, -0.2) is 4.79 Å². The summed E-state index contributed by atoms with van der Waals surface area (Å²) in [6.45, 7) is 5.67. The Hall–Kier alpha value is -0.830. The highest BCUT2D eigenvalue weighted by Crippen LogP contribution is 2.13. The molecule has 7 nitrogen and oxygen atoms in total. The van der Waals surface area contributed by atoms with Crippen LogP contribution in [0.4, 0.5) is 0 Å². The summed E-state index contributed by atoms with van der Waals surface area (Å²) in [5.74, 6) is -0.107. The molecular formula is C17H34N4O3S. The maximum Gasteiger partial charge on any atom is 0.326 e. The van der Waals surface area contributed by atoms with Gasteiger partial charge < -0.3 is 26.4 Å². The van der Waals surface area contributed by atoms with Gasteiger partial charge in [0.2, 0.25) is 5.91 Å². The number of thioether (sulfide) groups is 1. The summed E-state index contributed by atoms with van der Waals surface area (Å²) in [6.07, 6.45) is 5.75. The molecule has 0 radical (unpaired) electrons. The largest absolute Gasteiger partial charge is 0.480 e. The summed E-state index contributed by atoms with van der Waals surface area (Å²) in [5, 5.41) is 22.2. The zero-order chi connectivity index (χ0) is 18.3. The molecule has 146 valence electrons. The van der Waals surface area contributed by atoms with Crippen LogP contribution in [0.2, 0.25) is 0 Å². The lowest BCUT2D eigenvalue weighted by Crippen LogP contribution is -2.42. The minimum atomic E-state index is -0.951. The lowest BCUT2D eigenvalue weighted by atomic mass is 9.96. The van der Waals surface area contributed by atoms with Gasteiger partial charge in [0.15, 0.2) is 0 Å². The summed E-state index contributed by atoms with van der Waals surface area (Å²) < 4.78 is 0. The number of nitrogens with one attached hydrogen (secondary N) is 4. The number of aliphatic carboxylic acids is 1. The highest BCUT2D eigenvalue weighted by Gasteiger charge is 2.21. The minimum Gasteiger partial charge on any atom is -0.480 e. The molecule has 2 unspecified atom stereocenters. The second-order valence-electron chi connectivity index (χ2n) is 6.49. The van der Waals surface area contributed by atoms with E-state index in [1.807, 2.05) is 6.26 Å². The monoisotopic (exact) mass is 374 g/mol. The second-order valence-corrected chi connectivity index (χ2v) is 7.48. The van der Waals surface area contributed by atoms with Crippen LogP contribution in [-0.4, -0.2) is 74.3 Å². The predicted octanol–water partition coefficient (Wildman–Crippen LogP) is 0.268. The van der Waals surface area contributed by atoms with Gasteiger partial charge in [0.05, 0.1) is 0 Å². The van der Waals surface area contributed by atoms with E-state index in [1.54, 1.807) is 11.8 Å². The molecule has 0 aliphatic carbocycles. The fourth-order valence-corrected chi connectivity index (χ4v) is 3.33. The fraction of sp³-hybridized carbons (Fsp3) is 0.882. The van der Waals surface area contributed by atoms with Gasteiger partial charge in [0.1, 0.15) is 6.04 Å². The van der Waals surface area contributed by atoms with Gasteiger partial charge in [-0.15, -0.1) is 0 Å². The SMILES string of the molecule is CSCCC(NC(=O)CC1CCNCCCNCCNCC1)C(=O)O. The van der Waals surface area contributed by atoms with E-state index >= 15 is 0 Å². The van der Waals surface area contributed by atoms with E-state index in [2.05, 4.69) is 21.3 Å². The molecule has 1 amide bonds. The van der Waals surface area contributed by atoms with Crippen LogP contribution >= 0.6 is 11.8 Å². The molecule has 0 aromatic carbocycles. The standard InChI is InChI=1S/C17H34N4O3S/c1-25-12-5-15(17(23)24)21-16(22)13-14-3-8-18-6-2-7-19-10-11-20-9-4-14/h14-15,18-20H,2-13H2,1H3,(H,21,22)(H,23,24). The van der Waals surface area contributed by atoms with Gasteiger partial charge in [0.25, 0.3) is 0 Å². The van der Waals surface area contributed by atoms with Crippen LogP contribution in [0.5, 0.6) is 0 Å². The number of hydrogen-bond donors (Lipinski definition) is 5. The molecular weight excluding hydrogens is 340 g/mol. The Morgan fingerprint density at radius 1 is 1.08 bits per heavy atom. The summed E-state index contributed by atoms with van der Waals surface area (Å²) in [5.41, 5.74) is 0. The van der Waals surface area contributed by atoms with E-state index in [9.17, 15) is 14.7 Å². The van der Waals surface area contributed by atoms with Crippen molar-refractivity contribution in [2.75, 3.05) is 51.3 Å². The first kappa shape index (κ1) is 22.2. The summed E-state index contributed by atoms with van der Waals surface area (Å²) in [4.78, 5) is 23.6. The molecule has 0 aromatic rings. The van der Waals surface area contributed by atoms with E-state index < -0.39 is 12.0 Å². The maximum absolute atomic E-state index is 12.3. The van der Waals surface area contributed by atoms with Crippen molar-refractivity contribution in [2.45, 2.75) is 38.1 Å². The first-order chi connectivity index (χ1) is 12.1. The lowest BCUT2D eigenvalue weighted by Gasteiger charge is -2.19. The van der Waals surface area contributed by atoms with Gasteiger partial charge in [-0.2, -0.15) is 11.8 Å². The van der Waals surface area contributed by atoms with Gasteiger partial charge in [-0.3, -0.25) is 4.79 Å². The number of hydrogen-bond acceptors (Lipinski definition) is 6. The van der Waals surface area contributed by atoms with E-state index in [-0.39, 0.29) is 11.8 Å². The third kappa shape index (κ3) is 11.4. The molecule has 1 rings (SSSR count). The van der Waals surface area contributed by atoms with Crippen LogP contribution in [0.25, 0.3) is 0 Å². The Kier molecular flexibility index (Phi) is 12.8. The summed E-state index contributed by atoms with van der Waals surface area (Å²) in [6, 6.07) is -0.781. The van der Waals surface area contributed by atoms with Crippen molar-refractivity contribution in [2.24, 2.45) is 5.92 Å². The van der Waals surface area contributed by atoms with Gasteiger partial charge in [0, 0.05) is 19.5 Å². The molecule has 0 saturated carbocycles. The van der Waals surface area contributed by atoms with Crippen LogP contribution in [0.15, 0.2) is 0 Å². The molecule has 1 aliphatic heterocycles. The molecule has 0 bridgehead atoms.